The zero-order chi connectivity index (χ0) is 15.5. The molecule has 110 valence electrons. The second-order valence-corrected chi connectivity index (χ2v) is 6.48. The van der Waals surface area contributed by atoms with E-state index in [0.717, 1.165) is 16.8 Å². The third-order valence-corrected chi connectivity index (χ3v) is 4.74. The van der Waals surface area contributed by atoms with Gasteiger partial charge in [-0.15, -0.1) is 0 Å². The predicted molar refractivity (Wildman–Crippen MR) is 97.7 cm³/mol. The third kappa shape index (κ3) is 3.13. The molecule has 0 atom stereocenters. The SMILES string of the molecule is c1ccc(Sc2ccc(-c3ccc4ccccc4n3)cc2)cc1. The summed E-state index contributed by atoms with van der Waals surface area (Å²) in [6.45, 7) is 0. The molecule has 0 fully saturated rings. The number of aromatic nitrogens is 1. The van der Waals surface area contributed by atoms with Crippen molar-refractivity contribution in [2.45, 2.75) is 9.79 Å². The van der Waals surface area contributed by atoms with E-state index >= 15 is 0 Å². The van der Waals surface area contributed by atoms with Crippen LogP contribution in [0.5, 0.6) is 0 Å². The minimum atomic E-state index is 1.01. The number of hydrogen-bond donors (Lipinski definition) is 0. The van der Waals surface area contributed by atoms with Crippen molar-refractivity contribution in [3.05, 3.63) is 91.0 Å². The normalized spacial score (nSPS) is 10.8. The molecule has 0 aliphatic heterocycles. The summed E-state index contributed by atoms with van der Waals surface area (Å²) in [6, 6.07) is 31.4. The molecule has 1 aromatic heterocycles. The minimum absolute atomic E-state index is 1.01. The van der Waals surface area contributed by atoms with Gasteiger partial charge < -0.3 is 0 Å². The molecule has 2 heteroatoms. The highest BCUT2D eigenvalue weighted by molar-refractivity contribution is 7.99. The molecule has 0 radical (unpaired) electrons. The van der Waals surface area contributed by atoms with E-state index < -0.39 is 0 Å². The van der Waals surface area contributed by atoms with Crippen molar-refractivity contribution >= 4 is 22.7 Å². The Kier molecular flexibility index (Phi) is 3.83. The molecule has 0 unspecified atom stereocenters. The zero-order valence-corrected chi connectivity index (χ0v) is 13.3. The van der Waals surface area contributed by atoms with Crippen molar-refractivity contribution in [3.8, 4) is 11.3 Å². The van der Waals surface area contributed by atoms with Crippen LogP contribution in [0.3, 0.4) is 0 Å². The molecule has 3 aromatic carbocycles. The molecule has 1 nitrogen and oxygen atoms in total. The maximum Gasteiger partial charge on any atom is 0.0709 e. The Morgan fingerprint density at radius 1 is 0.565 bits per heavy atom. The molecule has 0 bridgehead atoms. The first-order valence-corrected chi connectivity index (χ1v) is 8.39. The van der Waals surface area contributed by atoms with Gasteiger partial charge in [-0.1, -0.05) is 66.4 Å². The average Bonchev–Trinajstić information content (AvgIpc) is 2.63. The van der Waals surface area contributed by atoms with Crippen LogP contribution in [0.15, 0.2) is 101 Å². The summed E-state index contributed by atoms with van der Waals surface area (Å²) in [5.41, 5.74) is 3.20. The van der Waals surface area contributed by atoms with Gasteiger partial charge in [0.1, 0.15) is 0 Å². The molecule has 0 saturated carbocycles. The van der Waals surface area contributed by atoms with Gasteiger partial charge in [0.2, 0.25) is 0 Å². The Labute approximate surface area is 140 Å². The van der Waals surface area contributed by atoms with E-state index in [1.807, 2.05) is 18.2 Å². The fraction of sp³-hybridized carbons (Fsp3) is 0. The zero-order valence-electron chi connectivity index (χ0n) is 12.5. The predicted octanol–water partition coefficient (Wildman–Crippen LogP) is 6.05. The fourth-order valence-electron chi connectivity index (χ4n) is 2.55. The molecule has 0 saturated heterocycles. The van der Waals surface area contributed by atoms with E-state index in [1.165, 1.54) is 15.2 Å². The highest BCUT2D eigenvalue weighted by atomic mass is 32.2. The summed E-state index contributed by atoms with van der Waals surface area (Å²) in [5, 5.41) is 1.17. The summed E-state index contributed by atoms with van der Waals surface area (Å²) in [6.07, 6.45) is 0. The third-order valence-electron chi connectivity index (χ3n) is 3.73. The van der Waals surface area contributed by atoms with Crippen LogP contribution < -0.4 is 0 Å². The maximum absolute atomic E-state index is 4.75. The van der Waals surface area contributed by atoms with Crippen molar-refractivity contribution in [3.63, 3.8) is 0 Å². The largest absolute Gasteiger partial charge is 0.248 e. The van der Waals surface area contributed by atoms with Crippen LogP contribution in [0, 0.1) is 0 Å². The van der Waals surface area contributed by atoms with Crippen LogP contribution in [0.4, 0.5) is 0 Å². The molecule has 1 heterocycles. The quantitative estimate of drug-likeness (QED) is 0.456. The molecular weight excluding hydrogens is 298 g/mol. The lowest BCUT2D eigenvalue weighted by Gasteiger charge is -2.05. The van der Waals surface area contributed by atoms with Gasteiger partial charge in [-0.3, -0.25) is 0 Å². The summed E-state index contributed by atoms with van der Waals surface area (Å²) < 4.78 is 0. The van der Waals surface area contributed by atoms with Gasteiger partial charge in [0.15, 0.2) is 0 Å². The van der Waals surface area contributed by atoms with Crippen LogP contribution in [-0.4, -0.2) is 4.98 Å². The Morgan fingerprint density at radius 3 is 2.09 bits per heavy atom. The standard InChI is InChI=1S/C21H15NS/c1-2-7-18(8-3-1)23-19-13-10-17(11-14-19)21-15-12-16-6-4-5-9-20(16)22-21/h1-15H. The van der Waals surface area contributed by atoms with E-state index in [4.69, 9.17) is 4.98 Å². The van der Waals surface area contributed by atoms with Crippen molar-refractivity contribution in [2.24, 2.45) is 0 Å². The second kappa shape index (κ2) is 6.27. The molecule has 23 heavy (non-hydrogen) atoms. The topological polar surface area (TPSA) is 12.9 Å². The summed E-state index contributed by atoms with van der Waals surface area (Å²) >= 11 is 1.77. The minimum Gasteiger partial charge on any atom is -0.248 e. The molecule has 0 N–H and O–H groups in total. The van der Waals surface area contributed by atoms with Crippen LogP contribution in [-0.2, 0) is 0 Å². The van der Waals surface area contributed by atoms with Gasteiger partial charge in [0, 0.05) is 20.7 Å². The van der Waals surface area contributed by atoms with Gasteiger partial charge in [-0.05, 0) is 36.4 Å². The van der Waals surface area contributed by atoms with E-state index in [1.54, 1.807) is 11.8 Å². The Hall–Kier alpha value is -2.58. The van der Waals surface area contributed by atoms with Gasteiger partial charge in [0.05, 0.1) is 11.2 Å². The number of fused-ring (bicyclic) bond motifs is 1. The first-order chi connectivity index (χ1) is 11.4. The smallest absolute Gasteiger partial charge is 0.0709 e. The van der Waals surface area contributed by atoms with Crippen molar-refractivity contribution in [2.75, 3.05) is 0 Å². The van der Waals surface area contributed by atoms with Crippen LogP contribution in [0.2, 0.25) is 0 Å². The number of para-hydroxylation sites is 1. The van der Waals surface area contributed by atoms with Crippen molar-refractivity contribution < 1.29 is 0 Å². The Balaban J connectivity index is 1.61. The lowest BCUT2D eigenvalue weighted by molar-refractivity contribution is 1.37. The van der Waals surface area contributed by atoms with E-state index in [0.29, 0.717) is 0 Å². The molecular formula is C21H15NS. The Bertz CT molecular complexity index is 930. The average molecular weight is 313 g/mol. The first-order valence-electron chi connectivity index (χ1n) is 7.58. The molecule has 0 spiro atoms. The molecule has 4 rings (SSSR count). The van der Waals surface area contributed by atoms with Crippen molar-refractivity contribution in [1.29, 1.82) is 0 Å². The Morgan fingerprint density at radius 2 is 1.26 bits per heavy atom. The highest BCUT2D eigenvalue weighted by Gasteiger charge is 2.02. The van der Waals surface area contributed by atoms with Gasteiger partial charge in [-0.25, -0.2) is 4.98 Å². The molecule has 0 amide bonds. The van der Waals surface area contributed by atoms with E-state index in [-0.39, 0.29) is 0 Å². The van der Waals surface area contributed by atoms with Gasteiger partial charge in [-0.2, -0.15) is 0 Å². The number of nitrogens with zero attached hydrogens (tertiary/aromatic N) is 1. The molecule has 0 aliphatic rings. The number of benzene rings is 3. The van der Waals surface area contributed by atoms with Crippen molar-refractivity contribution in [1.82, 2.24) is 4.98 Å². The monoisotopic (exact) mass is 313 g/mol. The number of pyridine rings is 1. The molecule has 4 aromatic rings. The van der Waals surface area contributed by atoms with E-state index in [2.05, 4.69) is 72.8 Å². The summed E-state index contributed by atoms with van der Waals surface area (Å²) in [5.74, 6) is 0. The van der Waals surface area contributed by atoms with Crippen LogP contribution >= 0.6 is 11.8 Å². The summed E-state index contributed by atoms with van der Waals surface area (Å²) in [4.78, 5) is 7.24. The summed E-state index contributed by atoms with van der Waals surface area (Å²) in [7, 11) is 0. The fourth-order valence-corrected chi connectivity index (χ4v) is 3.38. The molecule has 0 aliphatic carbocycles. The second-order valence-electron chi connectivity index (χ2n) is 5.33. The van der Waals surface area contributed by atoms with Gasteiger partial charge >= 0.3 is 0 Å². The van der Waals surface area contributed by atoms with Gasteiger partial charge in [0.25, 0.3) is 0 Å². The number of rotatable bonds is 3. The lowest BCUT2D eigenvalue weighted by atomic mass is 10.1. The van der Waals surface area contributed by atoms with Crippen LogP contribution in [0.1, 0.15) is 0 Å². The highest BCUT2D eigenvalue weighted by Crippen LogP contribution is 2.29. The van der Waals surface area contributed by atoms with Crippen LogP contribution in [0.25, 0.3) is 22.2 Å². The number of hydrogen-bond acceptors (Lipinski definition) is 2. The lowest BCUT2D eigenvalue weighted by Crippen LogP contribution is -1.85. The maximum atomic E-state index is 4.75. The van der Waals surface area contributed by atoms with E-state index in [9.17, 15) is 0 Å². The first kappa shape index (κ1) is 14.0.